The third-order valence-electron chi connectivity index (χ3n) is 5.17. The number of hydrogen-bond acceptors (Lipinski definition) is 8. The van der Waals surface area contributed by atoms with E-state index in [4.69, 9.17) is 9.47 Å². The Bertz CT molecular complexity index is 1050. The Morgan fingerprint density at radius 2 is 1.56 bits per heavy atom. The molecule has 1 aliphatic rings. The number of ether oxygens (including phenoxy) is 2. The summed E-state index contributed by atoms with van der Waals surface area (Å²) in [6.45, 7) is 10.3. The molecule has 36 heavy (non-hydrogen) atoms. The van der Waals surface area contributed by atoms with E-state index in [0.717, 1.165) is 24.9 Å². The van der Waals surface area contributed by atoms with E-state index in [1.807, 2.05) is 37.3 Å². The number of thioether (sulfide) groups is 1. The summed E-state index contributed by atoms with van der Waals surface area (Å²) in [5.41, 5.74) is 0. The second-order valence-corrected chi connectivity index (χ2v) is 11.6. The second-order valence-electron chi connectivity index (χ2n) is 8.52. The number of para-hydroxylation sites is 1. The van der Waals surface area contributed by atoms with Gasteiger partial charge in [0, 0.05) is 44.9 Å². The fourth-order valence-corrected chi connectivity index (χ4v) is 5.77. The van der Waals surface area contributed by atoms with Gasteiger partial charge in [-0.1, -0.05) is 30.0 Å². The third kappa shape index (κ3) is 10.4. The van der Waals surface area contributed by atoms with Gasteiger partial charge in [0.2, 0.25) is 10.0 Å². The highest BCUT2D eigenvalue weighted by atomic mass is 32.2. The standard InChI is InChI=1S/C23H30N2O5S2.C3H6O/c1-19(18-31-20(2)26)25(13-12-24-14-16-29-17-15-24)32(27,28)23-10-8-22(9-11-23)30-21-6-4-3-5-7-21;1-3(2)4/h3-11,19H,12-18H2,1-2H3;1-2H3/t19-;/m0./s1. The van der Waals surface area contributed by atoms with E-state index in [1.165, 1.54) is 25.1 Å². The molecule has 8 nitrogen and oxygen atoms in total. The highest BCUT2D eigenvalue weighted by Crippen LogP contribution is 2.25. The summed E-state index contributed by atoms with van der Waals surface area (Å²) in [6.07, 6.45) is 0. The van der Waals surface area contributed by atoms with Gasteiger partial charge in [-0.3, -0.25) is 9.69 Å². The van der Waals surface area contributed by atoms with Gasteiger partial charge in [-0.2, -0.15) is 4.31 Å². The Hall–Kier alpha value is -2.24. The maximum Gasteiger partial charge on any atom is 0.243 e. The largest absolute Gasteiger partial charge is 0.457 e. The van der Waals surface area contributed by atoms with Crippen LogP contribution in [-0.4, -0.2) is 79.7 Å². The van der Waals surface area contributed by atoms with Gasteiger partial charge in [0.1, 0.15) is 17.3 Å². The van der Waals surface area contributed by atoms with Gasteiger partial charge in [0.05, 0.1) is 18.1 Å². The number of rotatable bonds is 10. The minimum absolute atomic E-state index is 0.0233. The van der Waals surface area contributed by atoms with E-state index in [0.29, 0.717) is 43.6 Å². The molecule has 0 aromatic heterocycles. The summed E-state index contributed by atoms with van der Waals surface area (Å²) in [7, 11) is -3.74. The molecule has 0 bridgehead atoms. The first-order chi connectivity index (χ1) is 17.1. The monoisotopic (exact) mass is 536 g/mol. The number of morpholine rings is 1. The highest BCUT2D eigenvalue weighted by Gasteiger charge is 2.30. The Labute approximate surface area is 219 Å². The molecule has 0 unspecified atom stereocenters. The predicted octanol–water partition coefficient (Wildman–Crippen LogP) is 4.07. The van der Waals surface area contributed by atoms with Crippen LogP contribution in [-0.2, 0) is 24.3 Å². The molecule has 0 aliphatic carbocycles. The summed E-state index contributed by atoms with van der Waals surface area (Å²) < 4.78 is 39.7. The van der Waals surface area contributed by atoms with Crippen LogP contribution in [0.5, 0.6) is 11.5 Å². The summed E-state index contributed by atoms with van der Waals surface area (Å²) in [5.74, 6) is 1.83. The average Bonchev–Trinajstić information content (AvgIpc) is 2.84. The topological polar surface area (TPSA) is 93.2 Å². The number of nitrogens with zero attached hydrogens (tertiary/aromatic N) is 2. The zero-order valence-corrected chi connectivity index (χ0v) is 23.0. The van der Waals surface area contributed by atoms with Crippen molar-refractivity contribution in [3.8, 4) is 11.5 Å². The summed E-state index contributed by atoms with van der Waals surface area (Å²) in [6, 6.07) is 15.5. The van der Waals surface area contributed by atoms with Gasteiger partial charge in [0.25, 0.3) is 0 Å². The molecule has 198 valence electrons. The van der Waals surface area contributed by atoms with E-state index >= 15 is 0 Å². The molecule has 10 heteroatoms. The fraction of sp³-hybridized carbons (Fsp3) is 0.462. The number of Topliss-reactive ketones (excluding diaryl/α,β-unsaturated/α-hetero) is 1. The van der Waals surface area contributed by atoms with Crippen molar-refractivity contribution in [2.45, 2.75) is 38.6 Å². The van der Waals surface area contributed by atoms with E-state index in [1.54, 1.807) is 24.3 Å². The number of carbonyl (C=O) groups is 2. The van der Waals surface area contributed by atoms with Crippen molar-refractivity contribution in [2.24, 2.45) is 0 Å². The Morgan fingerprint density at radius 3 is 2.11 bits per heavy atom. The van der Waals surface area contributed by atoms with Crippen molar-refractivity contribution in [1.82, 2.24) is 9.21 Å². The number of sulfonamides is 1. The van der Waals surface area contributed by atoms with E-state index in [9.17, 15) is 18.0 Å². The quantitative estimate of drug-likeness (QED) is 0.449. The molecular weight excluding hydrogens is 500 g/mol. The lowest BCUT2D eigenvalue weighted by atomic mass is 10.3. The molecule has 0 radical (unpaired) electrons. The number of carbonyl (C=O) groups excluding carboxylic acids is 2. The number of hydrogen-bond donors (Lipinski definition) is 0. The first kappa shape index (κ1) is 30.0. The number of ketones is 1. The summed E-state index contributed by atoms with van der Waals surface area (Å²) in [5, 5.41) is -0.0233. The van der Waals surface area contributed by atoms with Crippen LogP contribution in [0.15, 0.2) is 59.5 Å². The van der Waals surface area contributed by atoms with Gasteiger partial charge in [0.15, 0.2) is 5.12 Å². The molecule has 0 N–H and O–H groups in total. The van der Waals surface area contributed by atoms with Crippen LogP contribution < -0.4 is 4.74 Å². The van der Waals surface area contributed by atoms with Crippen LogP contribution >= 0.6 is 11.8 Å². The minimum Gasteiger partial charge on any atom is -0.457 e. The molecule has 0 spiro atoms. The molecule has 1 aliphatic heterocycles. The lowest BCUT2D eigenvalue weighted by molar-refractivity contribution is -0.115. The van der Waals surface area contributed by atoms with Gasteiger partial charge in [-0.25, -0.2) is 8.42 Å². The second kappa shape index (κ2) is 15.1. The zero-order valence-electron chi connectivity index (χ0n) is 21.4. The van der Waals surface area contributed by atoms with Crippen LogP contribution in [0.2, 0.25) is 0 Å². The molecule has 2 aromatic rings. The minimum atomic E-state index is -3.74. The summed E-state index contributed by atoms with van der Waals surface area (Å²) >= 11 is 1.15. The van der Waals surface area contributed by atoms with Crippen molar-refractivity contribution in [1.29, 1.82) is 0 Å². The van der Waals surface area contributed by atoms with Gasteiger partial charge in [-0.15, -0.1) is 0 Å². The zero-order chi connectivity index (χ0) is 26.6. The maximum atomic E-state index is 13.5. The lowest BCUT2D eigenvalue weighted by Gasteiger charge is -2.32. The van der Waals surface area contributed by atoms with E-state index in [-0.39, 0.29) is 21.8 Å². The normalized spacial score (nSPS) is 15.0. The van der Waals surface area contributed by atoms with Crippen molar-refractivity contribution < 1.29 is 27.5 Å². The van der Waals surface area contributed by atoms with Crippen LogP contribution in [0.3, 0.4) is 0 Å². The predicted molar refractivity (Wildman–Crippen MR) is 143 cm³/mol. The average molecular weight is 537 g/mol. The molecule has 1 atom stereocenters. The van der Waals surface area contributed by atoms with Crippen LogP contribution in [0.25, 0.3) is 0 Å². The molecular formula is C26H36N2O6S2. The smallest absolute Gasteiger partial charge is 0.243 e. The Balaban J connectivity index is 0.00000106. The molecule has 3 rings (SSSR count). The van der Waals surface area contributed by atoms with Crippen molar-refractivity contribution >= 4 is 32.7 Å². The molecule has 0 saturated carbocycles. The van der Waals surface area contributed by atoms with Crippen molar-refractivity contribution in [2.75, 3.05) is 45.1 Å². The molecule has 1 saturated heterocycles. The van der Waals surface area contributed by atoms with Crippen molar-refractivity contribution in [3.05, 3.63) is 54.6 Å². The van der Waals surface area contributed by atoms with Crippen LogP contribution in [0.1, 0.15) is 27.7 Å². The van der Waals surface area contributed by atoms with E-state index < -0.39 is 10.0 Å². The molecule has 0 amide bonds. The fourth-order valence-electron chi connectivity index (χ4n) is 3.40. The Morgan fingerprint density at radius 1 is 1.00 bits per heavy atom. The SMILES string of the molecule is CC(=O)SC[C@H](C)N(CCN1CCOCC1)S(=O)(=O)c1ccc(Oc2ccccc2)cc1.CC(C)=O. The van der Waals surface area contributed by atoms with Crippen LogP contribution in [0.4, 0.5) is 0 Å². The van der Waals surface area contributed by atoms with Gasteiger partial charge < -0.3 is 14.3 Å². The van der Waals surface area contributed by atoms with Gasteiger partial charge >= 0.3 is 0 Å². The first-order valence-electron chi connectivity index (χ1n) is 11.8. The van der Waals surface area contributed by atoms with Crippen LogP contribution in [0, 0.1) is 0 Å². The third-order valence-corrected chi connectivity index (χ3v) is 8.25. The lowest BCUT2D eigenvalue weighted by Crippen LogP contribution is -2.46. The molecule has 1 heterocycles. The first-order valence-corrected chi connectivity index (χ1v) is 14.3. The van der Waals surface area contributed by atoms with Gasteiger partial charge in [-0.05, 0) is 57.2 Å². The Kier molecular flexibility index (Phi) is 12.6. The molecule has 2 aromatic carbocycles. The summed E-state index contributed by atoms with van der Waals surface area (Å²) in [4.78, 5) is 23.3. The maximum absolute atomic E-state index is 13.5. The molecule has 1 fully saturated rings. The van der Waals surface area contributed by atoms with E-state index in [2.05, 4.69) is 4.90 Å². The van der Waals surface area contributed by atoms with Crippen molar-refractivity contribution in [3.63, 3.8) is 0 Å². The number of benzene rings is 2. The highest BCUT2D eigenvalue weighted by molar-refractivity contribution is 8.13.